The summed E-state index contributed by atoms with van der Waals surface area (Å²) in [6, 6.07) is 6.32. The lowest BCUT2D eigenvalue weighted by atomic mass is 10.1. The van der Waals surface area contributed by atoms with Crippen LogP contribution in [0.4, 0.5) is 5.95 Å². The lowest BCUT2D eigenvalue weighted by Crippen LogP contribution is -2.08. The van der Waals surface area contributed by atoms with Gasteiger partial charge in [-0.2, -0.15) is 4.98 Å². The summed E-state index contributed by atoms with van der Waals surface area (Å²) in [5.74, 6) is 0.652. The maximum atomic E-state index is 4.48. The molecular formula is C14H15BrN4S. The summed E-state index contributed by atoms with van der Waals surface area (Å²) in [4.78, 5) is 7.15. The van der Waals surface area contributed by atoms with Crippen LogP contribution in [0.1, 0.15) is 28.3 Å². The van der Waals surface area contributed by atoms with E-state index in [0.717, 1.165) is 10.1 Å². The molecule has 0 aliphatic carbocycles. The van der Waals surface area contributed by atoms with Crippen LogP contribution in [0.2, 0.25) is 0 Å². The van der Waals surface area contributed by atoms with Crippen LogP contribution < -0.4 is 5.32 Å². The molecule has 0 saturated heterocycles. The molecule has 20 heavy (non-hydrogen) atoms. The number of aromatic nitrogens is 3. The number of hydrogen-bond acceptors (Lipinski definition) is 4. The van der Waals surface area contributed by atoms with Crippen molar-refractivity contribution < 1.29 is 0 Å². The van der Waals surface area contributed by atoms with E-state index >= 15 is 0 Å². The van der Waals surface area contributed by atoms with Gasteiger partial charge in [-0.3, -0.25) is 0 Å². The van der Waals surface area contributed by atoms with Gasteiger partial charge in [0.1, 0.15) is 0 Å². The van der Waals surface area contributed by atoms with Crippen LogP contribution in [-0.2, 0) is 0 Å². The first kappa shape index (κ1) is 13.6. The van der Waals surface area contributed by atoms with Gasteiger partial charge in [0.15, 0.2) is 5.65 Å². The SMILES string of the molecule is Cc1cc(C(C)Nc2nc3ccc(Br)cn3n2)c(C)s1. The normalized spacial score (nSPS) is 12.8. The van der Waals surface area contributed by atoms with Crippen molar-refractivity contribution in [2.24, 2.45) is 0 Å². The van der Waals surface area contributed by atoms with Gasteiger partial charge in [0, 0.05) is 20.4 Å². The number of aryl methyl sites for hydroxylation is 2. The van der Waals surface area contributed by atoms with Gasteiger partial charge >= 0.3 is 0 Å². The highest BCUT2D eigenvalue weighted by Gasteiger charge is 2.13. The minimum Gasteiger partial charge on any atom is -0.346 e. The van der Waals surface area contributed by atoms with Crippen LogP contribution >= 0.6 is 27.3 Å². The number of hydrogen-bond donors (Lipinski definition) is 1. The zero-order valence-corrected chi connectivity index (χ0v) is 13.9. The minimum atomic E-state index is 0.195. The second-order valence-corrected chi connectivity index (χ2v) is 7.20. The third kappa shape index (κ3) is 2.58. The summed E-state index contributed by atoms with van der Waals surface area (Å²) in [6.07, 6.45) is 1.90. The highest BCUT2D eigenvalue weighted by atomic mass is 79.9. The Morgan fingerprint density at radius 1 is 1.35 bits per heavy atom. The van der Waals surface area contributed by atoms with Crippen LogP contribution in [0, 0.1) is 13.8 Å². The van der Waals surface area contributed by atoms with E-state index in [-0.39, 0.29) is 6.04 Å². The number of nitrogens with zero attached hydrogens (tertiary/aromatic N) is 3. The molecule has 0 aromatic carbocycles. The molecule has 3 aromatic heterocycles. The number of thiophene rings is 1. The van der Waals surface area contributed by atoms with Crippen LogP contribution in [0.25, 0.3) is 5.65 Å². The zero-order chi connectivity index (χ0) is 14.3. The average Bonchev–Trinajstić information content (AvgIpc) is 2.91. The summed E-state index contributed by atoms with van der Waals surface area (Å²) in [7, 11) is 0. The molecule has 1 unspecified atom stereocenters. The Hall–Kier alpha value is -1.40. The van der Waals surface area contributed by atoms with Gasteiger partial charge in [-0.05, 0) is 60.5 Å². The number of nitrogens with one attached hydrogen (secondary N) is 1. The van der Waals surface area contributed by atoms with E-state index in [4.69, 9.17) is 0 Å². The Morgan fingerprint density at radius 2 is 2.15 bits per heavy atom. The predicted octanol–water partition coefficient (Wildman–Crippen LogP) is 4.34. The Kier molecular flexibility index (Phi) is 3.52. The molecule has 0 saturated carbocycles. The summed E-state index contributed by atoms with van der Waals surface area (Å²) in [6.45, 7) is 6.42. The van der Waals surface area contributed by atoms with Crippen molar-refractivity contribution in [3.8, 4) is 0 Å². The zero-order valence-electron chi connectivity index (χ0n) is 11.5. The Balaban J connectivity index is 1.87. The molecule has 0 radical (unpaired) electrons. The van der Waals surface area contributed by atoms with Crippen LogP contribution in [0.5, 0.6) is 0 Å². The quantitative estimate of drug-likeness (QED) is 0.763. The molecule has 3 heterocycles. The van der Waals surface area contributed by atoms with E-state index < -0.39 is 0 Å². The van der Waals surface area contributed by atoms with Gasteiger partial charge in [0.25, 0.3) is 0 Å². The van der Waals surface area contributed by atoms with Gasteiger partial charge in [-0.1, -0.05) is 0 Å². The van der Waals surface area contributed by atoms with Gasteiger partial charge in [0.05, 0.1) is 6.04 Å². The molecule has 0 bridgehead atoms. The van der Waals surface area contributed by atoms with Crippen molar-refractivity contribution in [2.75, 3.05) is 5.32 Å². The molecule has 0 aliphatic rings. The van der Waals surface area contributed by atoms with Crippen molar-refractivity contribution in [1.29, 1.82) is 0 Å². The molecule has 1 atom stereocenters. The fraction of sp³-hybridized carbons (Fsp3) is 0.286. The van der Waals surface area contributed by atoms with Crippen LogP contribution in [-0.4, -0.2) is 14.6 Å². The summed E-state index contributed by atoms with van der Waals surface area (Å²) >= 11 is 5.26. The average molecular weight is 351 g/mol. The number of anilines is 1. The molecule has 3 aromatic rings. The number of rotatable bonds is 3. The van der Waals surface area contributed by atoms with Crippen LogP contribution in [0.15, 0.2) is 28.9 Å². The fourth-order valence-electron chi connectivity index (χ4n) is 2.27. The molecule has 0 amide bonds. The lowest BCUT2D eigenvalue weighted by Gasteiger charge is -2.11. The second-order valence-electron chi connectivity index (χ2n) is 4.82. The molecule has 4 nitrogen and oxygen atoms in total. The predicted molar refractivity (Wildman–Crippen MR) is 86.5 cm³/mol. The van der Waals surface area contributed by atoms with E-state index in [9.17, 15) is 0 Å². The minimum absolute atomic E-state index is 0.195. The van der Waals surface area contributed by atoms with Gasteiger partial charge in [0.2, 0.25) is 5.95 Å². The Morgan fingerprint density at radius 3 is 2.85 bits per heavy atom. The van der Waals surface area contributed by atoms with Gasteiger partial charge < -0.3 is 5.32 Å². The summed E-state index contributed by atoms with van der Waals surface area (Å²) < 4.78 is 2.75. The Bertz CT molecular complexity index is 762. The topological polar surface area (TPSA) is 42.2 Å². The van der Waals surface area contributed by atoms with Crippen molar-refractivity contribution in [3.63, 3.8) is 0 Å². The molecule has 0 spiro atoms. The van der Waals surface area contributed by atoms with Crippen molar-refractivity contribution in [2.45, 2.75) is 26.8 Å². The molecule has 3 rings (SSSR count). The smallest absolute Gasteiger partial charge is 0.243 e. The third-order valence-electron chi connectivity index (χ3n) is 3.19. The highest BCUT2D eigenvalue weighted by Crippen LogP contribution is 2.28. The van der Waals surface area contributed by atoms with Gasteiger partial charge in [-0.15, -0.1) is 16.4 Å². The first-order valence-electron chi connectivity index (χ1n) is 6.38. The molecule has 6 heteroatoms. The molecule has 0 fully saturated rings. The second kappa shape index (κ2) is 5.18. The molecule has 0 aliphatic heterocycles. The summed E-state index contributed by atoms with van der Waals surface area (Å²) in [5, 5.41) is 7.81. The van der Waals surface area contributed by atoms with Crippen LogP contribution in [0.3, 0.4) is 0 Å². The Labute approximate surface area is 130 Å². The highest BCUT2D eigenvalue weighted by molar-refractivity contribution is 9.10. The summed E-state index contributed by atoms with van der Waals surface area (Å²) in [5.41, 5.74) is 2.15. The van der Waals surface area contributed by atoms with E-state index in [1.165, 1.54) is 15.3 Å². The first-order chi connectivity index (χ1) is 9.52. The van der Waals surface area contributed by atoms with E-state index in [1.54, 1.807) is 4.52 Å². The fourth-order valence-corrected chi connectivity index (χ4v) is 3.62. The standard InChI is InChI=1S/C14H15BrN4S/c1-8-6-12(10(3)20-8)9(2)16-14-17-13-5-4-11(15)7-19(13)18-14/h4-7,9H,1-3H3,(H,16,18). The van der Waals surface area contributed by atoms with E-state index in [0.29, 0.717) is 5.95 Å². The number of halogens is 1. The van der Waals surface area contributed by atoms with Crippen molar-refractivity contribution >= 4 is 38.9 Å². The maximum absolute atomic E-state index is 4.48. The molecular weight excluding hydrogens is 336 g/mol. The van der Waals surface area contributed by atoms with E-state index in [1.807, 2.05) is 29.7 Å². The maximum Gasteiger partial charge on any atom is 0.243 e. The first-order valence-corrected chi connectivity index (χ1v) is 7.99. The monoisotopic (exact) mass is 350 g/mol. The number of fused-ring (bicyclic) bond motifs is 1. The lowest BCUT2D eigenvalue weighted by molar-refractivity contribution is 0.850. The molecule has 1 N–H and O–H groups in total. The number of pyridine rings is 1. The van der Waals surface area contributed by atoms with Crippen molar-refractivity contribution in [1.82, 2.24) is 14.6 Å². The van der Waals surface area contributed by atoms with Crippen molar-refractivity contribution in [3.05, 3.63) is 44.2 Å². The largest absolute Gasteiger partial charge is 0.346 e. The third-order valence-corrected chi connectivity index (χ3v) is 4.64. The molecule has 104 valence electrons. The van der Waals surface area contributed by atoms with Gasteiger partial charge in [-0.25, -0.2) is 4.52 Å². The van der Waals surface area contributed by atoms with E-state index in [2.05, 4.69) is 58.2 Å².